The molecule has 3 N–H and O–H groups in total. The molecule has 1 saturated carbocycles. The first-order valence-electron chi connectivity index (χ1n) is 7.69. The number of carbonyl (C=O) groups excluding carboxylic acids is 1. The minimum absolute atomic E-state index is 0.125. The fraction of sp³-hybridized carbons (Fsp3) is 0.235. The summed E-state index contributed by atoms with van der Waals surface area (Å²) in [6.45, 7) is 0. The SMILES string of the molecule is O=C(Cc1ccc2oc(=O)cc(O)c2c1)Nc1cc(C2CC2)[nH]n1. The number of hydrogen-bond donors (Lipinski definition) is 3. The van der Waals surface area contributed by atoms with E-state index >= 15 is 0 Å². The number of amides is 1. The molecule has 1 amide bonds. The van der Waals surface area contributed by atoms with Crippen LogP contribution < -0.4 is 10.9 Å². The van der Waals surface area contributed by atoms with Gasteiger partial charge >= 0.3 is 5.63 Å². The minimum atomic E-state index is -0.615. The number of anilines is 1. The maximum Gasteiger partial charge on any atom is 0.339 e. The Bertz CT molecular complexity index is 985. The Hall–Kier alpha value is -3.09. The van der Waals surface area contributed by atoms with Crippen molar-refractivity contribution in [3.05, 3.63) is 52.0 Å². The van der Waals surface area contributed by atoms with Crippen molar-refractivity contribution in [3.8, 4) is 5.75 Å². The summed E-state index contributed by atoms with van der Waals surface area (Å²) in [5, 5.41) is 20.0. The molecule has 7 nitrogen and oxygen atoms in total. The van der Waals surface area contributed by atoms with E-state index in [0.29, 0.717) is 22.7 Å². The number of aromatic amines is 1. The molecule has 0 bridgehead atoms. The maximum absolute atomic E-state index is 12.2. The second kappa shape index (κ2) is 5.52. The highest BCUT2D eigenvalue weighted by molar-refractivity contribution is 5.92. The van der Waals surface area contributed by atoms with Crippen LogP contribution in [0.15, 0.2) is 39.5 Å². The van der Waals surface area contributed by atoms with Crippen LogP contribution >= 0.6 is 0 Å². The molecule has 4 rings (SSSR count). The van der Waals surface area contributed by atoms with Crippen molar-refractivity contribution in [2.24, 2.45) is 0 Å². The summed E-state index contributed by atoms with van der Waals surface area (Å²) < 4.78 is 5.00. The van der Waals surface area contributed by atoms with Gasteiger partial charge in [-0.1, -0.05) is 6.07 Å². The van der Waals surface area contributed by atoms with E-state index in [4.69, 9.17) is 4.42 Å². The molecule has 0 saturated heterocycles. The standard InChI is InChI=1S/C17H15N3O4/c21-13-8-17(23)24-14-4-1-9(5-11(13)14)6-16(22)18-15-7-12(19-20-15)10-2-3-10/h1,4-5,7-8,10,21H,2-3,6H2,(H2,18,19,20,22). The fourth-order valence-electron chi connectivity index (χ4n) is 2.68. The highest BCUT2D eigenvalue weighted by Gasteiger charge is 2.25. The Morgan fingerprint density at radius 3 is 2.96 bits per heavy atom. The number of aromatic nitrogens is 2. The Morgan fingerprint density at radius 1 is 1.33 bits per heavy atom. The van der Waals surface area contributed by atoms with Crippen molar-refractivity contribution < 1.29 is 14.3 Å². The van der Waals surface area contributed by atoms with Crippen LogP contribution in [0.4, 0.5) is 5.82 Å². The zero-order chi connectivity index (χ0) is 16.7. The highest BCUT2D eigenvalue weighted by atomic mass is 16.4. The van der Waals surface area contributed by atoms with E-state index in [1.165, 1.54) is 0 Å². The van der Waals surface area contributed by atoms with Gasteiger partial charge in [0.2, 0.25) is 5.91 Å². The lowest BCUT2D eigenvalue weighted by atomic mass is 10.1. The summed E-state index contributed by atoms with van der Waals surface area (Å²) in [6, 6.07) is 7.75. The number of aromatic hydroxyl groups is 1. The molecule has 7 heteroatoms. The highest BCUT2D eigenvalue weighted by Crippen LogP contribution is 2.39. The van der Waals surface area contributed by atoms with Gasteiger partial charge in [-0.2, -0.15) is 5.10 Å². The summed E-state index contributed by atoms with van der Waals surface area (Å²) in [7, 11) is 0. The third kappa shape index (κ3) is 2.88. The van der Waals surface area contributed by atoms with Crippen molar-refractivity contribution in [1.82, 2.24) is 10.2 Å². The predicted octanol–water partition coefficient (Wildman–Crippen LogP) is 2.28. The van der Waals surface area contributed by atoms with Crippen LogP contribution in [-0.2, 0) is 11.2 Å². The van der Waals surface area contributed by atoms with Gasteiger partial charge < -0.3 is 14.8 Å². The molecule has 1 aliphatic rings. The lowest BCUT2D eigenvalue weighted by Crippen LogP contribution is -2.14. The van der Waals surface area contributed by atoms with E-state index in [1.54, 1.807) is 18.2 Å². The Balaban J connectivity index is 1.50. The number of rotatable bonds is 4. The molecule has 0 atom stereocenters. The van der Waals surface area contributed by atoms with Crippen molar-refractivity contribution in [3.63, 3.8) is 0 Å². The minimum Gasteiger partial charge on any atom is -0.507 e. The number of nitrogens with one attached hydrogen (secondary N) is 2. The maximum atomic E-state index is 12.2. The largest absolute Gasteiger partial charge is 0.507 e. The van der Waals surface area contributed by atoms with Crippen molar-refractivity contribution >= 4 is 22.7 Å². The molecule has 1 fully saturated rings. The quantitative estimate of drug-likeness (QED) is 0.638. The molecule has 0 aliphatic heterocycles. The molecule has 0 unspecified atom stereocenters. The van der Waals surface area contributed by atoms with Crippen LogP contribution in [0, 0.1) is 0 Å². The van der Waals surface area contributed by atoms with Gasteiger partial charge in [0.05, 0.1) is 17.9 Å². The fourth-order valence-corrected chi connectivity index (χ4v) is 2.68. The molecule has 122 valence electrons. The molecule has 2 heterocycles. The smallest absolute Gasteiger partial charge is 0.339 e. The van der Waals surface area contributed by atoms with E-state index in [0.717, 1.165) is 24.6 Å². The van der Waals surface area contributed by atoms with Gasteiger partial charge in [-0.25, -0.2) is 4.79 Å². The van der Waals surface area contributed by atoms with E-state index in [1.807, 2.05) is 6.07 Å². The average molecular weight is 325 g/mol. The Labute approximate surface area is 136 Å². The van der Waals surface area contributed by atoms with Gasteiger partial charge in [0.25, 0.3) is 0 Å². The lowest BCUT2D eigenvalue weighted by molar-refractivity contribution is -0.115. The molecular weight excluding hydrogens is 310 g/mol. The van der Waals surface area contributed by atoms with E-state index in [2.05, 4.69) is 15.5 Å². The second-order valence-electron chi connectivity index (χ2n) is 5.99. The monoisotopic (exact) mass is 325 g/mol. The molecule has 0 spiro atoms. The zero-order valence-corrected chi connectivity index (χ0v) is 12.7. The normalized spacial score (nSPS) is 14.0. The molecule has 1 aromatic carbocycles. The molecule has 24 heavy (non-hydrogen) atoms. The Kier molecular flexibility index (Phi) is 3.34. The lowest BCUT2D eigenvalue weighted by Gasteiger charge is -2.04. The Morgan fingerprint density at radius 2 is 2.17 bits per heavy atom. The zero-order valence-electron chi connectivity index (χ0n) is 12.7. The van der Waals surface area contributed by atoms with Crippen LogP contribution in [-0.4, -0.2) is 21.2 Å². The number of H-pyrrole nitrogens is 1. The summed E-state index contributed by atoms with van der Waals surface area (Å²) in [6.07, 6.45) is 2.44. The summed E-state index contributed by atoms with van der Waals surface area (Å²) >= 11 is 0. The molecular formula is C17H15N3O4. The van der Waals surface area contributed by atoms with Crippen LogP contribution in [0.5, 0.6) is 5.75 Å². The van der Waals surface area contributed by atoms with Gasteiger partial charge in [0, 0.05) is 17.7 Å². The van der Waals surface area contributed by atoms with Crippen LogP contribution in [0.25, 0.3) is 11.0 Å². The van der Waals surface area contributed by atoms with Crippen LogP contribution in [0.1, 0.15) is 30.0 Å². The number of hydrogen-bond acceptors (Lipinski definition) is 5. The van der Waals surface area contributed by atoms with Crippen LogP contribution in [0.3, 0.4) is 0 Å². The summed E-state index contributed by atoms with van der Waals surface area (Å²) in [5.74, 6) is 0.683. The third-order valence-electron chi connectivity index (χ3n) is 4.03. The first kappa shape index (κ1) is 14.5. The van der Waals surface area contributed by atoms with Gasteiger partial charge in [-0.05, 0) is 30.5 Å². The number of fused-ring (bicyclic) bond motifs is 1. The van der Waals surface area contributed by atoms with Gasteiger partial charge in [-0.15, -0.1) is 0 Å². The molecule has 2 aromatic heterocycles. The van der Waals surface area contributed by atoms with Crippen LogP contribution in [0.2, 0.25) is 0 Å². The molecule has 1 aliphatic carbocycles. The van der Waals surface area contributed by atoms with Gasteiger partial charge in [0.1, 0.15) is 11.3 Å². The summed E-state index contributed by atoms with van der Waals surface area (Å²) in [4.78, 5) is 23.4. The summed E-state index contributed by atoms with van der Waals surface area (Å²) in [5.41, 5.74) is 1.42. The third-order valence-corrected chi connectivity index (χ3v) is 4.03. The van der Waals surface area contributed by atoms with Crippen molar-refractivity contribution in [2.45, 2.75) is 25.2 Å². The second-order valence-corrected chi connectivity index (χ2v) is 5.99. The molecule has 0 radical (unpaired) electrons. The van der Waals surface area contributed by atoms with E-state index in [9.17, 15) is 14.7 Å². The number of nitrogens with zero attached hydrogens (tertiary/aromatic N) is 1. The number of benzene rings is 1. The average Bonchev–Trinajstić information content (AvgIpc) is 3.28. The topological polar surface area (TPSA) is 108 Å². The van der Waals surface area contributed by atoms with Gasteiger partial charge in [-0.3, -0.25) is 9.89 Å². The first-order chi connectivity index (χ1) is 11.6. The van der Waals surface area contributed by atoms with Crippen molar-refractivity contribution in [2.75, 3.05) is 5.32 Å². The van der Waals surface area contributed by atoms with E-state index in [-0.39, 0.29) is 23.7 Å². The van der Waals surface area contributed by atoms with E-state index < -0.39 is 5.63 Å². The predicted molar refractivity (Wildman–Crippen MR) is 87.0 cm³/mol. The van der Waals surface area contributed by atoms with Crippen molar-refractivity contribution in [1.29, 1.82) is 0 Å². The molecule has 3 aromatic rings. The number of carbonyl (C=O) groups is 1. The first-order valence-corrected chi connectivity index (χ1v) is 7.69. The van der Waals surface area contributed by atoms with Gasteiger partial charge in [0.15, 0.2) is 5.82 Å².